The third-order valence-corrected chi connectivity index (χ3v) is 3.55. The first-order valence-electron chi connectivity index (χ1n) is 8.28. The highest BCUT2D eigenvalue weighted by Gasteiger charge is 2.06. The molecule has 7 nitrogen and oxygen atoms in total. The molecule has 2 rings (SSSR count). The minimum atomic E-state index is 0.450. The Bertz CT molecular complexity index is 730. The normalized spacial score (nSPS) is 11.1. The number of anilines is 1. The Hall–Kier alpha value is -2.58. The minimum absolute atomic E-state index is 0.450. The lowest BCUT2D eigenvalue weighted by Crippen LogP contribution is -2.43. The topological polar surface area (TPSA) is 83.5 Å². The molecule has 0 unspecified atom stereocenters. The Labute approximate surface area is 159 Å². The standard InChI is InChI=1S/C18H24N6OS/c1-13-11-14(2)22-17(21-13)23-16(24-18(26)19-9-10-25-3)20-12-15-7-5-4-6-8-15/h4-8,11H,9-10,12H2,1-3H3,(H3,19,20,21,22,23,24,26). The summed E-state index contributed by atoms with van der Waals surface area (Å²) in [5, 5.41) is 9.67. The van der Waals surface area contributed by atoms with Crippen molar-refractivity contribution in [1.82, 2.24) is 20.6 Å². The predicted molar refractivity (Wildman–Crippen MR) is 108 cm³/mol. The van der Waals surface area contributed by atoms with Crippen molar-refractivity contribution >= 4 is 29.2 Å². The van der Waals surface area contributed by atoms with Gasteiger partial charge in [0, 0.05) is 25.0 Å². The molecule has 26 heavy (non-hydrogen) atoms. The molecule has 2 aromatic rings. The number of rotatable bonds is 6. The number of nitrogens with zero attached hydrogens (tertiary/aromatic N) is 3. The summed E-state index contributed by atoms with van der Waals surface area (Å²) in [6.07, 6.45) is 0. The molecule has 0 fully saturated rings. The van der Waals surface area contributed by atoms with Gasteiger partial charge in [-0.2, -0.15) is 0 Å². The molecule has 138 valence electrons. The van der Waals surface area contributed by atoms with E-state index >= 15 is 0 Å². The molecule has 3 N–H and O–H groups in total. The molecule has 0 aliphatic carbocycles. The van der Waals surface area contributed by atoms with E-state index in [2.05, 4.69) is 30.9 Å². The predicted octanol–water partition coefficient (Wildman–Crippen LogP) is 2.17. The van der Waals surface area contributed by atoms with Crippen LogP contribution in [0, 0.1) is 13.8 Å². The molecule has 0 radical (unpaired) electrons. The van der Waals surface area contributed by atoms with Gasteiger partial charge in [-0.25, -0.2) is 15.0 Å². The quantitative estimate of drug-likeness (QED) is 0.310. The van der Waals surface area contributed by atoms with Gasteiger partial charge in [-0.1, -0.05) is 30.3 Å². The number of thiocarbonyl (C=S) groups is 1. The fourth-order valence-electron chi connectivity index (χ4n) is 2.17. The second kappa shape index (κ2) is 10.4. The van der Waals surface area contributed by atoms with Gasteiger partial charge in [0.15, 0.2) is 5.11 Å². The zero-order chi connectivity index (χ0) is 18.8. The summed E-state index contributed by atoms with van der Waals surface area (Å²) in [5.41, 5.74) is 2.85. The highest BCUT2D eigenvalue weighted by molar-refractivity contribution is 7.80. The number of hydrogen-bond acceptors (Lipinski definition) is 5. The monoisotopic (exact) mass is 372 g/mol. The molecule has 0 aliphatic heterocycles. The molecule has 0 aliphatic rings. The first-order valence-corrected chi connectivity index (χ1v) is 8.69. The fraction of sp³-hybridized carbons (Fsp3) is 0.333. The minimum Gasteiger partial charge on any atom is -0.383 e. The van der Waals surface area contributed by atoms with Gasteiger partial charge in [0.1, 0.15) is 0 Å². The van der Waals surface area contributed by atoms with Crippen LogP contribution in [0.5, 0.6) is 0 Å². The number of aryl methyl sites for hydroxylation is 2. The highest BCUT2D eigenvalue weighted by atomic mass is 32.1. The maximum atomic E-state index is 5.30. The van der Waals surface area contributed by atoms with Gasteiger partial charge in [-0.05, 0) is 37.7 Å². The van der Waals surface area contributed by atoms with Crippen LogP contribution in [-0.4, -0.2) is 41.3 Å². The lowest BCUT2D eigenvalue weighted by atomic mass is 10.2. The number of benzene rings is 1. The third kappa shape index (κ3) is 7.12. The lowest BCUT2D eigenvalue weighted by Gasteiger charge is -2.14. The largest absolute Gasteiger partial charge is 0.383 e. The van der Waals surface area contributed by atoms with Crippen LogP contribution in [-0.2, 0) is 11.3 Å². The summed E-state index contributed by atoms with van der Waals surface area (Å²) in [7, 11) is 1.64. The van der Waals surface area contributed by atoms with Gasteiger partial charge < -0.3 is 15.4 Å². The van der Waals surface area contributed by atoms with Crippen molar-refractivity contribution in [1.29, 1.82) is 0 Å². The van der Waals surface area contributed by atoms with Crippen molar-refractivity contribution in [2.45, 2.75) is 20.4 Å². The summed E-state index contributed by atoms with van der Waals surface area (Å²) >= 11 is 5.30. The van der Waals surface area contributed by atoms with E-state index in [9.17, 15) is 0 Å². The van der Waals surface area contributed by atoms with Crippen LogP contribution in [0.2, 0.25) is 0 Å². The molecule has 0 saturated carbocycles. The molecule has 0 spiro atoms. The number of methoxy groups -OCH3 is 1. The first kappa shape index (κ1) is 19.7. The van der Waals surface area contributed by atoms with Crippen LogP contribution in [0.1, 0.15) is 17.0 Å². The maximum Gasteiger partial charge on any atom is 0.229 e. The number of guanidine groups is 1. The first-order chi connectivity index (χ1) is 12.6. The van der Waals surface area contributed by atoms with Crippen LogP contribution in [0.4, 0.5) is 5.95 Å². The van der Waals surface area contributed by atoms with Crippen LogP contribution in [0.15, 0.2) is 41.4 Å². The van der Waals surface area contributed by atoms with Crippen LogP contribution in [0.25, 0.3) is 0 Å². The van der Waals surface area contributed by atoms with Gasteiger partial charge in [0.2, 0.25) is 11.9 Å². The molecular formula is C18H24N6OS. The zero-order valence-corrected chi connectivity index (χ0v) is 16.1. The van der Waals surface area contributed by atoms with Gasteiger partial charge in [0.25, 0.3) is 0 Å². The second-order valence-electron chi connectivity index (χ2n) is 5.62. The van der Waals surface area contributed by atoms with Gasteiger partial charge in [-0.3, -0.25) is 5.32 Å². The molecule has 0 amide bonds. The smallest absolute Gasteiger partial charge is 0.229 e. The molecular weight excluding hydrogens is 348 g/mol. The fourth-order valence-corrected chi connectivity index (χ4v) is 2.37. The van der Waals surface area contributed by atoms with Crippen molar-refractivity contribution in [2.24, 2.45) is 4.99 Å². The molecule has 8 heteroatoms. The Kier molecular flexibility index (Phi) is 7.91. The molecule has 1 aromatic carbocycles. The molecule has 1 heterocycles. The molecule has 0 atom stereocenters. The van der Waals surface area contributed by atoms with Crippen LogP contribution >= 0.6 is 12.2 Å². The summed E-state index contributed by atoms with van der Waals surface area (Å²) < 4.78 is 5.01. The third-order valence-electron chi connectivity index (χ3n) is 3.30. The Morgan fingerprint density at radius 3 is 2.50 bits per heavy atom. The second-order valence-corrected chi connectivity index (χ2v) is 6.03. The van der Waals surface area contributed by atoms with Gasteiger partial charge in [0.05, 0.1) is 13.2 Å². The maximum absolute atomic E-state index is 5.30. The van der Waals surface area contributed by atoms with E-state index in [-0.39, 0.29) is 0 Å². The van der Waals surface area contributed by atoms with E-state index in [0.29, 0.717) is 36.7 Å². The van der Waals surface area contributed by atoms with Crippen molar-refractivity contribution in [3.63, 3.8) is 0 Å². The average molecular weight is 372 g/mol. The summed E-state index contributed by atoms with van der Waals surface area (Å²) in [4.78, 5) is 13.3. The van der Waals surface area contributed by atoms with E-state index in [1.165, 1.54) is 0 Å². The number of ether oxygens (including phenoxy) is 1. The summed E-state index contributed by atoms with van der Waals surface area (Å²) in [6, 6.07) is 11.9. The van der Waals surface area contributed by atoms with E-state index in [4.69, 9.17) is 17.0 Å². The number of hydrogen-bond donors (Lipinski definition) is 3. The van der Waals surface area contributed by atoms with Crippen molar-refractivity contribution < 1.29 is 4.74 Å². The Balaban J connectivity index is 2.10. The van der Waals surface area contributed by atoms with E-state index in [0.717, 1.165) is 17.0 Å². The van der Waals surface area contributed by atoms with Crippen molar-refractivity contribution in [3.8, 4) is 0 Å². The van der Waals surface area contributed by atoms with Crippen LogP contribution < -0.4 is 16.0 Å². The SMILES string of the molecule is COCCNC(=S)NC(=NCc1ccccc1)Nc1nc(C)cc(C)n1. The highest BCUT2D eigenvalue weighted by Crippen LogP contribution is 2.05. The molecule has 0 saturated heterocycles. The Morgan fingerprint density at radius 2 is 1.85 bits per heavy atom. The molecule has 1 aromatic heterocycles. The zero-order valence-electron chi connectivity index (χ0n) is 15.2. The van der Waals surface area contributed by atoms with Crippen molar-refractivity contribution in [3.05, 3.63) is 53.3 Å². The number of aliphatic imine (C=N–C) groups is 1. The van der Waals surface area contributed by atoms with E-state index in [1.807, 2.05) is 50.2 Å². The molecule has 0 bridgehead atoms. The van der Waals surface area contributed by atoms with Gasteiger partial charge >= 0.3 is 0 Å². The lowest BCUT2D eigenvalue weighted by molar-refractivity contribution is 0.204. The van der Waals surface area contributed by atoms with Crippen LogP contribution in [0.3, 0.4) is 0 Å². The number of aromatic nitrogens is 2. The van der Waals surface area contributed by atoms with Gasteiger partial charge in [-0.15, -0.1) is 0 Å². The number of nitrogens with one attached hydrogen (secondary N) is 3. The Morgan fingerprint density at radius 1 is 1.15 bits per heavy atom. The van der Waals surface area contributed by atoms with E-state index < -0.39 is 0 Å². The van der Waals surface area contributed by atoms with E-state index in [1.54, 1.807) is 7.11 Å². The summed E-state index contributed by atoms with van der Waals surface area (Å²) in [5.74, 6) is 0.954. The van der Waals surface area contributed by atoms with Crippen molar-refractivity contribution in [2.75, 3.05) is 25.6 Å². The summed E-state index contributed by atoms with van der Waals surface area (Å²) in [6.45, 7) is 5.51. The average Bonchev–Trinajstić information content (AvgIpc) is 2.60.